The van der Waals surface area contributed by atoms with Crippen molar-refractivity contribution in [3.8, 4) is 0 Å². The fraction of sp³-hybridized carbons (Fsp3) is 0. The lowest BCUT2D eigenvalue weighted by Crippen LogP contribution is -2.08. The van der Waals surface area contributed by atoms with Gasteiger partial charge >= 0.3 is 0 Å². The molecule has 7 nitrogen and oxygen atoms in total. The molecule has 2 aromatic heterocycles. The Labute approximate surface area is 144 Å². The molecule has 0 aromatic carbocycles. The van der Waals surface area contributed by atoms with Crippen LogP contribution in [0.5, 0.6) is 0 Å². The van der Waals surface area contributed by atoms with E-state index in [9.17, 15) is 0 Å². The number of nitrogens with zero attached hydrogens (tertiary/aromatic N) is 2. The summed E-state index contributed by atoms with van der Waals surface area (Å²) in [5.74, 6) is -0.584. The van der Waals surface area contributed by atoms with E-state index < -0.39 is 0 Å². The highest BCUT2D eigenvalue weighted by atomic mass is 16.5. The molecule has 0 unspecified atom stereocenters. The second kappa shape index (κ2) is 8.78. The SMILES string of the molecule is N=C(/C=C\C(=N)c1ccccn1)OC(=N)/C=C\C(=N)c1ccccn1. The first-order chi connectivity index (χ1) is 12.1. The minimum atomic E-state index is -0.292. The highest BCUT2D eigenvalue weighted by Crippen LogP contribution is 1.99. The van der Waals surface area contributed by atoms with Crippen molar-refractivity contribution in [2.75, 3.05) is 0 Å². The lowest BCUT2D eigenvalue weighted by atomic mass is 10.2. The summed E-state index contributed by atoms with van der Waals surface area (Å²) in [4.78, 5) is 8.05. The van der Waals surface area contributed by atoms with E-state index in [1.807, 2.05) is 0 Å². The monoisotopic (exact) mass is 332 g/mol. The van der Waals surface area contributed by atoms with Crippen molar-refractivity contribution in [2.24, 2.45) is 0 Å². The molecular weight excluding hydrogens is 316 g/mol. The summed E-state index contributed by atoms with van der Waals surface area (Å²) in [6, 6.07) is 10.4. The van der Waals surface area contributed by atoms with Gasteiger partial charge in [-0.1, -0.05) is 12.1 Å². The minimum Gasteiger partial charge on any atom is -0.422 e. The van der Waals surface area contributed by atoms with E-state index in [0.717, 1.165) is 0 Å². The highest BCUT2D eigenvalue weighted by Gasteiger charge is 2.02. The molecule has 0 bridgehead atoms. The molecule has 0 amide bonds. The van der Waals surface area contributed by atoms with Crippen molar-refractivity contribution < 1.29 is 4.74 Å². The first-order valence-corrected chi connectivity index (χ1v) is 7.27. The van der Waals surface area contributed by atoms with Crippen LogP contribution in [0, 0.1) is 21.6 Å². The topological polar surface area (TPSA) is 130 Å². The number of rotatable bonds is 6. The van der Waals surface area contributed by atoms with Gasteiger partial charge in [0.05, 0.1) is 22.8 Å². The number of pyridine rings is 2. The van der Waals surface area contributed by atoms with E-state index >= 15 is 0 Å². The van der Waals surface area contributed by atoms with Gasteiger partial charge in [-0.2, -0.15) is 0 Å². The van der Waals surface area contributed by atoms with Crippen molar-refractivity contribution in [3.63, 3.8) is 0 Å². The molecule has 4 N–H and O–H groups in total. The molecule has 0 aliphatic heterocycles. The zero-order chi connectivity index (χ0) is 18.1. The van der Waals surface area contributed by atoms with E-state index in [4.69, 9.17) is 26.4 Å². The lowest BCUT2D eigenvalue weighted by molar-refractivity contribution is 0.544. The van der Waals surface area contributed by atoms with Gasteiger partial charge in [-0.05, 0) is 36.4 Å². The highest BCUT2D eigenvalue weighted by molar-refractivity contribution is 6.11. The van der Waals surface area contributed by atoms with Gasteiger partial charge in [0.15, 0.2) is 0 Å². The maximum Gasteiger partial charge on any atom is 0.214 e. The van der Waals surface area contributed by atoms with Gasteiger partial charge in [-0.15, -0.1) is 0 Å². The van der Waals surface area contributed by atoms with Crippen molar-refractivity contribution >= 4 is 23.2 Å². The Morgan fingerprint density at radius 1 is 0.680 bits per heavy atom. The largest absolute Gasteiger partial charge is 0.422 e. The van der Waals surface area contributed by atoms with Crippen LogP contribution in [0.15, 0.2) is 73.1 Å². The molecule has 0 saturated carbocycles. The molecule has 0 aliphatic rings. The Bertz CT molecular complexity index is 769. The van der Waals surface area contributed by atoms with Crippen LogP contribution in [0.1, 0.15) is 11.4 Å². The number of ether oxygens (including phenoxy) is 1. The molecule has 25 heavy (non-hydrogen) atoms. The molecule has 0 radical (unpaired) electrons. The molecule has 0 aliphatic carbocycles. The maximum atomic E-state index is 7.83. The Morgan fingerprint density at radius 3 is 1.48 bits per heavy atom. The van der Waals surface area contributed by atoms with E-state index in [-0.39, 0.29) is 23.2 Å². The van der Waals surface area contributed by atoms with E-state index in [0.29, 0.717) is 11.4 Å². The predicted molar refractivity (Wildman–Crippen MR) is 96.9 cm³/mol. The average molecular weight is 332 g/mol. The first kappa shape index (κ1) is 17.6. The number of aromatic nitrogens is 2. The Morgan fingerprint density at radius 2 is 1.12 bits per heavy atom. The summed E-state index contributed by atoms with van der Waals surface area (Å²) in [5, 5.41) is 31.0. The molecule has 7 heteroatoms. The summed E-state index contributed by atoms with van der Waals surface area (Å²) in [5.41, 5.74) is 1.22. The van der Waals surface area contributed by atoms with E-state index in [2.05, 4.69) is 9.97 Å². The van der Waals surface area contributed by atoms with E-state index in [1.165, 1.54) is 24.3 Å². The summed E-state index contributed by atoms with van der Waals surface area (Å²) in [7, 11) is 0. The number of hydrogen-bond donors (Lipinski definition) is 4. The predicted octanol–water partition coefficient (Wildman–Crippen LogP) is 3.00. The van der Waals surface area contributed by atoms with Crippen LogP contribution in [0.3, 0.4) is 0 Å². The van der Waals surface area contributed by atoms with Crippen molar-refractivity contribution in [1.82, 2.24) is 9.97 Å². The van der Waals surface area contributed by atoms with Gasteiger partial charge in [0.1, 0.15) is 0 Å². The van der Waals surface area contributed by atoms with E-state index in [1.54, 1.807) is 48.8 Å². The van der Waals surface area contributed by atoms with Crippen molar-refractivity contribution in [2.45, 2.75) is 0 Å². The summed E-state index contributed by atoms with van der Waals surface area (Å²) >= 11 is 0. The third-order valence-corrected chi connectivity index (χ3v) is 2.90. The van der Waals surface area contributed by atoms with Crippen LogP contribution in [0.25, 0.3) is 0 Å². The summed E-state index contributed by atoms with van der Waals surface area (Å²) in [6.45, 7) is 0. The Balaban J connectivity index is 1.87. The fourth-order valence-electron chi connectivity index (χ4n) is 1.72. The normalized spacial score (nSPS) is 10.7. The van der Waals surface area contributed by atoms with Gasteiger partial charge in [0, 0.05) is 24.5 Å². The summed E-state index contributed by atoms with van der Waals surface area (Å²) in [6.07, 6.45) is 8.44. The molecule has 124 valence electrons. The fourth-order valence-corrected chi connectivity index (χ4v) is 1.72. The van der Waals surface area contributed by atoms with Crippen LogP contribution in [-0.2, 0) is 4.74 Å². The second-order valence-corrected chi connectivity index (χ2v) is 4.75. The second-order valence-electron chi connectivity index (χ2n) is 4.75. The molecule has 0 spiro atoms. The summed E-state index contributed by atoms with van der Waals surface area (Å²) < 4.78 is 4.98. The number of nitrogens with one attached hydrogen (secondary N) is 4. The van der Waals surface area contributed by atoms with Crippen molar-refractivity contribution in [1.29, 1.82) is 21.6 Å². The van der Waals surface area contributed by atoms with Gasteiger partial charge in [0.2, 0.25) is 11.8 Å². The number of hydrogen-bond acceptors (Lipinski definition) is 7. The van der Waals surface area contributed by atoms with Crippen molar-refractivity contribution in [3.05, 3.63) is 84.5 Å². The molecule has 2 heterocycles. The molecule has 2 aromatic rings. The first-order valence-electron chi connectivity index (χ1n) is 7.27. The van der Waals surface area contributed by atoms with Crippen LogP contribution < -0.4 is 0 Å². The maximum absolute atomic E-state index is 7.83. The van der Waals surface area contributed by atoms with Crippen LogP contribution >= 0.6 is 0 Å². The molecule has 0 fully saturated rings. The standard InChI is InChI=1S/C18H16N6O/c19-13(15-5-1-3-11-23-15)7-9-17(21)25-18(22)10-8-14(20)16-6-2-4-12-24-16/h1-12,19-22H/b9-7-,10-8-,19-13?,20-14?,21-17?,22-18?. The Kier molecular flexibility index (Phi) is 6.18. The molecule has 0 atom stereocenters. The number of allylic oxidation sites excluding steroid dienone is 2. The smallest absolute Gasteiger partial charge is 0.214 e. The minimum absolute atomic E-state index is 0.132. The lowest BCUT2D eigenvalue weighted by Gasteiger charge is -2.01. The zero-order valence-electron chi connectivity index (χ0n) is 13.2. The van der Waals surface area contributed by atoms with Gasteiger partial charge in [-0.25, -0.2) is 0 Å². The Hall–Kier alpha value is -3.74. The third kappa shape index (κ3) is 5.76. The molecule has 2 rings (SSSR count). The van der Waals surface area contributed by atoms with Crippen LogP contribution in [0.2, 0.25) is 0 Å². The molecular formula is C18H16N6O. The zero-order valence-corrected chi connectivity index (χ0v) is 13.2. The van der Waals surface area contributed by atoms with Gasteiger partial charge in [0.25, 0.3) is 0 Å². The quantitative estimate of drug-likeness (QED) is 0.479. The average Bonchev–Trinajstić information content (AvgIpc) is 2.65. The molecule has 0 saturated heterocycles. The van der Waals surface area contributed by atoms with Crippen LogP contribution in [0.4, 0.5) is 0 Å². The third-order valence-electron chi connectivity index (χ3n) is 2.90. The van der Waals surface area contributed by atoms with Gasteiger partial charge in [-0.3, -0.25) is 31.6 Å². The van der Waals surface area contributed by atoms with Gasteiger partial charge < -0.3 is 4.74 Å². The van der Waals surface area contributed by atoms with Crippen LogP contribution in [-0.4, -0.2) is 33.2 Å².